The standard InChI is InChI=1S/C10H14BrNO2S/c1-14-9(13)4-2-3-8(12)10-7(11)5-6-15-10/h5-6,8H,2-4,12H2,1H3. The number of hydrogen-bond acceptors (Lipinski definition) is 4. The Morgan fingerprint density at radius 2 is 2.47 bits per heavy atom. The van der Waals surface area contributed by atoms with Crippen molar-refractivity contribution in [1.29, 1.82) is 0 Å². The molecule has 1 rings (SSSR count). The minimum atomic E-state index is -0.174. The monoisotopic (exact) mass is 291 g/mol. The summed E-state index contributed by atoms with van der Waals surface area (Å²) >= 11 is 5.07. The Kier molecular flexibility index (Phi) is 5.28. The number of carbonyl (C=O) groups is 1. The summed E-state index contributed by atoms with van der Waals surface area (Å²) in [6.07, 6.45) is 2.00. The third kappa shape index (κ3) is 3.93. The SMILES string of the molecule is COC(=O)CCCC(N)c1sccc1Br. The molecule has 1 atom stereocenters. The van der Waals surface area contributed by atoms with Gasteiger partial charge in [-0.15, -0.1) is 11.3 Å². The van der Waals surface area contributed by atoms with E-state index in [0.29, 0.717) is 6.42 Å². The van der Waals surface area contributed by atoms with Crippen LogP contribution in [0.3, 0.4) is 0 Å². The van der Waals surface area contributed by atoms with Crippen LogP contribution in [0.25, 0.3) is 0 Å². The zero-order chi connectivity index (χ0) is 11.3. The molecule has 15 heavy (non-hydrogen) atoms. The van der Waals surface area contributed by atoms with Gasteiger partial charge in [0.1, 0.15) is 0 Å². The molecule has 0 fully saturated rings. The number of nitrogens with two attached hydrogens (primary N) is 1. The van der Waals surface area contributed by atoms with Crippen molar-refractivity contribution in [1.82, 2.24) is 0 Å². The van der Waals surface area contributed by atoms with E-state index in [1.807, 2.05) is 11.4 Å². The van der Waals surface area contributed by atoms with E-state index >= 15 is 0 Å². The summed E-state index contributed by atoms with van der Waals surface area (Å²) in [6, 6.07) is 1.99. The molecule has 0 bridgehead atoms. The molecule has 0 aliphatic carbocycles. The number of rotatable bonds is 5. The number of hydrogen-bond donors (Lipinski definition) is 1. The number of esters is 1. The molecular weight excluding hydrogens is 278 g/mol. The zero-order valence-corrected chi connectivity index (χ0v) is 10.9. The van der Waals surface area contributed by atoms with E-state index in [2.05, 4.69) is 20.7 Å². The Labute approximate surface area is 102 Å². The van der Waals surface area contributed by atoms with Crippen LogP contribution in [0.4, 0.5) is 0 Å². The molecule has 1 unspecified atom stereocenters. The first-order valence-corrected chi connectivity index (χ1v) is 6.37. The van der Waals surface area contributed by atoms with Gasteiger partial charge in [-0.1, -0.05) is 0 Å². The Hall–Kier alpha value is -0.390. The topological polar surface area (TPSA) is 52.3 Å². The average Bonchev–Trinajstić information content (AvgIpc) is 2.64. The van der Waals surface area contributed by atoms with Crippen LogP contribution in [0.1, 0.15) is 30.2 Å². The van der Waals surface area contributed by atoms with E-state index < -0.39 is 0 Å². The fourth-order valence-corrected chi connectivity index (χ4v) is 2.98. The van der Waals surface area contributed by atoms with Gasteiger partial charge in [0.05, 0.1) is 7.11 Å². The molecule has 5 heteroatoms. The molecule has 0 spiro atoms. The molecule has 0 amide bonds. The normalized spacial score (nSPS) is 12.5. The first-order valence-electron chi connectivity index (χ1n) is 4.70. The van der Waals surface area contributed by atoms with Crippen LogP contribution in [0.5, 0.6) is 0 Å². The lowest BCUT2D eigenvalue weighted by Crippen LogP contribution is -2.10. The van der Waals surface area contributed by atoms with E-state index in [4.69, 9.17) is 5.73 Å². The molecule has 0 radical (unpaired) electrons. The van der Waals surface area contributed by atoms with Gasteiger partial charge in [-0.3, -0.25) is 4.79 Å². The summed E-state index contributed by atoms with van der Waals surface area (Å²) in [4.78, 5) is 12.0. The maximum Gasteiger partial charge on any atom is 0.305 e. The summed E-state index contributed by atoms with van der Waals surface area (Å²) < 4.78 is 5.61. The van der Waals surface area contributed by atoms with Crippen molar-refractivity contribution in [3.05, 3.63) is 20.8 Å². The van der Waals surface area contributed by atoms with Crippen LogP contribution in [0.2, 0.25) is 0 Å². The minimum absolute atomic E-state index is 0.00373. The molecule has 2 N–H and O–H groups in total. The summed E-state index contributed by atoms with van der Waals surface area (Å²) in [5, 5.41) is 2.00. The van der Waals surface area contributed by atoms with Crippen LogP contribution in [-0.4, -0.2) is 13.1 Å². The second-order valence-corrected chi connectivity index (χ2v) is 5.01. The first-order chi connectivity index (χ1) is 7.15. The summed E-state index contributed by atoms with van der Waals surface area (Å²) in [6.45, 7) is 0. The van der Waals surface area contributed by atoms with Gasteiger partial charge in [0.15, 0.2) is 0 Å². The van der Waals surface area contributed by atoms with Gasteiger partial charge < -0.3 is 10.5 Å². The van der Waals surface area contributed by atoms with Crippen molar-refractivity contribution in [2.75, 3.05) is 7.11 Å². The molecule has 84 valence electrons. The molecular formula is C10H14BrNO2S. The molecule has 3 nitrogen and oxygen atoms in total. The van der Waals surface area contributed by atoms with Crippen molar-refractivity contribution in [3.8, 4) is 0 Å². The lowest BCUT2D eigenvalue weighted by molar-refractivity contribution is -0.140. The number of ether oxygens (including phenoxy) is 1. The maximum atomic E-state index is 10.9. The van der Waals surface area contributed by atoms with Crippen molar-refractivity contribution in [2.24, 2.45) is 5.73 Å². The van der Waals surface area contributed by atoms with Gasteiger partial charge in [-0.2, -0.15) is 0 Å². The van der Waals surface area contributed by atoms with Crippen LogP contribution < -0.4 is 5.73 Å². The van der Waals surface area contributed by atoms with Gasteiger partial charge >= 0.3 is 5.97 Å². The van der Waals surface area contributed by atoms with Gasteiger partial charge in [-0.25, -0.2) is 0 Å². The molecule has 0 saturated heterocycles. The number of halogens is 1. The van der Waals surface area contributed by atoms with Crippen molar-refractivity contribution in [3.63, 3.8) is 0 Å². The number of carbonyl (C=O) groups excluding carboxylic acids is 1. The Balaban J connectivity index is 2.34. The summed E-state index contributed by atoms with van der Waals surface area (Å²) in [5.74, 6) is -0.174. The van der Waals surface area contributed by atoms with E-state index in [-0.39, 0.29) is 12.0 Å². The lowest BCUT2D eigenvalue weighted by atomic mass is 10.1. The third-order valence-corrected chi connectivity index (χ3v) is 4.11. The highest BCUT2D eigenvalue weighted by molar-refractivity contribution is 9.10. The predicted molar refractivity (Wildman–Crippen MR) is 64.8 cm³/mol. The molecule has 1 aromatic rings. The van der Waals surface area contributed by atoms with Gasteiger partial charge in [0, 0.05) is 21.8 Å². The quantitative estimate of drug-likeness (QED) is 0.849. The second kappa shape index (κ2) is 6.25. The van der Waals surface area contributed by atoms with E-state index in [0.717, 1.165) is 22.2 Å². The van der Waals surface area contributed by atoms with Crippen LogP contribution in [0, 0.1) is 0 Å². The van der Waals surface area contributed by atoms with Crippen molar-refractivity contribution in [2.45, 2.75) is 25.3 Å². The molecule has 0 saturated carbocycles. The van der Waals surface area contributed by atoms with Crippen molar-refractivity contribution >= 4 is 33.2 Å². The highest BCUT2D eigenvalue weighted by atomic mass is 79.9. The van der Waals surface area contributed by atoms with Gasteiger partial charge in [-0.05, 0) is 40.2 Å². The number of methoxy groups -OCH3 is 1. The molecule has 1 heterocycles. The van der Waals surface area contributed by atoms with E-state index in [9.17, 15) is 4.79 Å². The van der Waals surface area contributed by atoms with Crippen LogP contribution >= 0.6 is 27.3 Å². The Bertz CT molecular complexity index is 327. The minimum Gasteiger partial charge on any atom is -0.469 e. The lowest BCUT2D eigenvalue weighted by Gasteiger charge is -2.09. The van der Waals surface area contributed by atoms with Crippen LogP contribution in [0.15, 0.2) is 15.9 Å². The molecule has 0 aromatic carbocycles. The summed E-state index contributed by atoms with van der Waals surface area (Å²) in [5.41, 5.74) is 6.00. The fourth-order valence-electron chi connectivity index (χ4n) is 1.27. The predicted octanol–water partition coefficient (Wildman–Crippen LogP) is 2.85. The largest absolute Gasteiger partial charge is 0.469 e. The highest BCUT2D eigenvalue weighted by Crippen LogP contribution is 2.30. The Morgan fingerprint density at radius 1 is 1.73 bits per heavy atom. The van der Waals surface area contributed by atoms with Gasteiger partial charge in [0.25, 0.3) is 0 Å². The number of thiophene rings is 1. The third-order valence-electron chi connectivity index (χ3n) is 2.11. The highest BCUT2D eigenvalue weighted by Gasteiger charge is 2.11. The van der Waals surface area contributed by atoms with Crippen molar-refractivity contribution < 1.29 is 9.53 Å². The maximum absolute atomic E-state index is 10.9. The fraction of sp³-hybridized carbons (Fsp3) is 0.500. The van der Waals surface area contributed by atoms with E-state index in [1.165, 1.54) is 7.11 Å². The van der Waals surface area contributed by atoms with Crippen LogP contribution in [-0.2, 0) is 9.53 Å². The smallest absolute Gasteiger partial charge is 0.305 e. The Morgan fingerprint density at radius 3 is 3.00 bits per heavy atom. The van der Waals surface area contributed by atoms with Gasteiger partial charge in [0.2, 0.25) is 0 Å². The molecule has 0 aliphatic rings. The van der Waals surface area contributed by atoms with E-state index in [1.54, 1.807) is 11.3 Å². The zero-order valence-electron chi connectivity index (χ0n) is 8.53. The first kappa shape index (κ1) is 12.7. The molecule has 0 aliphatic heterocycles. The second-order valence-electron chi connectivity index (χ2n) is 3.21. The molecule has 1 aromatic heterocycles. The summed E-state index contributed by atoms with van der Waals surface area (Å²) in [7, 11) is 1.40. The average molecular weight is 292 g/mol.